The molecule has 0 bridgehead atoms. The van der Waals surface area contributed by atoms with Gasteiger partial charge in [0.25, 0.3) is 0 Å². The molecule has 0 aliphatic heterocycles. The summed E-state index contributed by atoms with van der Waals surface area (Å²) in [7, 11) is 0. The minimum atomic E-state index is 0.677. The molecule has 0 fully saturated rings. The summed E-state index contributed by atoms with van der Waals surface area (Å²) in [6.07, 6.45) is 0. The van der Waals surface area contributed by atoms with E-state index >= 15 is 0 Å². The van der Waals surface area contributed by atoms with E-state index in [9.17, 15) is 0 Å². The Morgan fingerprint density at radius 2 is 1.65 bits per heavy atom. The van der Waals surface area contributed by atoms with Crippen molar-refractivity contribution < 1.29 is 4.52 Å². The highest BCUT2D eigenvalue weighted by atomic mass is 35.5. The van der Waals surface area contributed by atoms with Gasteiger partial charge < -0.3 is 4.52 Å². The molecule has 96 valence electrons. The van der Waals surface area contributed by atoms with E-state index in [0.29, 0.717) is 5.02 Å². The molecule has 0 radical (unpaired) electrons. The van der Waals surface area contributed by atoms with Crippen LogP contribution in [0, 0.1) is 0 Å². The lowest BCUT2D eigenvalue weighted by molar-refractivity contribution is 0.459. The summed E-state index contributed by atoms with van der Waals surface area (Å²) in [6.45, 7) is 0. The van der Waals surface area contributed by atoms with Gasteiger partial charge in [-0.1, -0.05) is 65.3 Å². The number of hydrogen-bond donors (Lipinski definition) is 0. The molecular weight excluding hydrogens is 270 g/mol. The molecule has 1 heterocycles. The molecule has 1 aromatic heterocycles. The van der Waals surface area contributed by atoms with Gasteiger partial charge in [0.05, 0.1) is 10.4 Å². The van der Waals surface area contributed by atoms with Crippen LogP contribution in [0.3, 0.4) is 0 Å². The predicted octanol–water partition coefficient (Wildman–Crippen LogP) is 5.30. The molecule has 0 saturated heterocycles. The van der Waals surface area contributed by atoms with Crippen LogP contribution in [0.15, 0.2) is 65.2 Å². The van der Waals surface area contributed by atoms with E-state index in [1.807, 2.05) is 48.5 Å². The second-order valence-corrected chi connectivity index (χ2v) is 5.08. The molecule has 0 amide bonds. The van der Waals surface area contributed by atoms with Crippen molar-refractivity contribution in [2.45, 2.75) is 0 Å². The van der Waals surface area contributed by atoms with Crippen molar-refractivity contribution in [3.05, 3.63) is 65.7 Å². The molecule has 2 nitrogen and oxygen atoms in total. The van der Waals surface area contributed by atoms with Crippen LogP contribution in [0.5, 0.6) is 0 Å². The van der Waals surface area contributed by atoms with Crippen LogP contribution in [-0.2, 0) is 0 Å². The molecule has 0 spiro atoms. The van der Waals surface area contributed by atoms with E-state index in [-0.39, 0.29) is 0 Å². The first-order chi connectivity index (χ1) is 9.84. The van der Waals surface area contributed by atoms with E-state index in [1.54, 1.807) is 0 Å². The third kappa shape index (κ3) is 1.62. The van der Waals surface area contributed by atoms with Crippen molar-refractivity contribution >= 4 is 33.3 Å². The lowest BCUT2D eigenvalue weighted by atomic mass is 10.0. The lowest BCUT2D eigenvalue weighted by Gasteiger charge is -2.02. The Kier molecular flexibility index (Phi) is 2.51. The van der Waals surface area contributed by atoms with Crippen molar-refractivity contribution in [3.63, 3.8) is 0 Å². The van der Waals surface area contributed by atoms with Gasteiger partial charge in [-0.05, 0) is 22.9 Å². The minimum Gasteiger partial charge on any atom is -0.356 e. The highest BCUT2D eigenvalue weighted by molar-refractivity contribution is 6.33. The summed E-state index contributed by atoms with van der Waals surface area (Å²) in [4.78, 5) is 0. The summed E-state index contributed by atoms with van der Waals surface area (Å²) in [6, 6.07) is 19.9. The Morgan fingerprint density at radius 3 is 2.55 bits per heavy atom. The Bertz CT molecular complexity index is 926. The van der Waals surface area contributed by atoms with Gasteiger partial charge in [0.15, 0.2) is 5.58 Å². The fraction of sp³-hybridized carbons (Fsp3) is 0. The first-order valence-electron chi connectivity index (χ1n) is 6.36. The number of nitrogens with zero attached hydrogens (tertiary/aromatic N) is 1. The van der Waals surface area contributed by atoms with Gasteiger partial charge in [-0.2, -0.15) is 0 Å². The molecule has 3 aromatic carbocycles. The normalized spacial score (nSPS) is 11.2. The highest BCUT2D eigenvalue weighted by Crippen LogP contribution is 2.36. The van der Waals surface area contributed by atoms with Gasteiger partial charge >= 0.3 is 0 Å². The summed E-state index contributed by atoms with van der Waals surface area (Å²) >= 11 is 6.29. The van der Waals surface area contributed by atoms with E-state index in [4.69, 9.17) is 16.1 Å². The van der Waals surface area contributed by atoms with E-state index in [0.717, 1.165) is 33.0 Å². The van der Waals surface area contributed by atoms with Gasteiger partial charge in [-0.3, -0.25) is 0 Å². The minimum absolute atomic E-state index is 0.677. The number of benzene rings is 3. The molecule has 0 unspecified atom stereocenters. The third-order valence-electron chi connectivity index (χ3n) is 3.49. The average Bonchev–Trinajstić information content (AvgIpc) is 2.92. The molecule has 20 heavy (non-hydrogen) atoms. The quantitative estimate of drug-likeness (QED) is 0.472. The second-order valence-electron chi connectivity index (χ2n) is 4.67. The summed E-state index contributed by atoms with van der Waals surface area (Å²) in [5.74, 6) is 0. The third-order valence-corrected chi connectivity index (χ3v) is 3.82. The first-order valence-corrected chi connectivity index (χ1v) is 6.74. The number of aromatic nitrogens is 1. The van der Waals surface area contributed by atoms with E-state index < -0.39 is 0 Å². The fourth-order valence-corrected chi connectivity index (χ4v) is 2.77. The van der Waals surface area contributed by atoms with Crippen LogP contribution in [0.1, 0.15) is 0 Å². The van der Waals surface area contributed by atoms with E-state index in [2.05, 4.69) is 17.3 Å². The summed E-state index contributed by atoms with van der Waals surface area (Å²) in [5.41, 5.74) is 2.46. The maximum Gasteiger partial charge on any atom is 0.168 e. The zero-order valence-electron chi connectivity index (χ0n) is 10.5. The Balaban J connectivity index is 2.16. The largest absolute Gasteiger partial charge is 0.356 e. The van der Waals surface area contributed by atoms with Crippen molar-refractivity contribution in [1.29, 1.82) is 0 Å². The second kappa shape index (κ2) is 4.36. The number of fused-ring (bicyclic) bond motifs is 3. The lowest BCUT2D eigenvalue weighted by Crippen LogP contribution is -1.81. The molecule has 0 aliphatic rings. The predicted molar refractivity (Wildman–Crippen MR) is 82.0 cm³/mol. The van der Waals surface area contributed by atoms with Crippen LogP contribution in [0.2, 0.25) is 5.02 Å². The van der Waals surface area contributed by atoms with Crippen LogP contribution in [0.4, 0.5) is 0 Å². The Labute approximate surface area is 120 Å². The molecule has 3 heteroatoms. The maximum absolute atomic E-state index is 6.29. The molecule has 4 aromatic rings. The summed E-state index contributed by atoms with van der Waals surface area (Å²) < 4.78 is 5.46. The fourth-order valence-electron chi connectivity index (χ4n) is 2.55. The molecule has 4 rings (SSSR count). The zero-order chi connectivity index (χ0) is 13.5. The van der Waals surface area contributed by atoms with Crippen LogP contribution < -0.4 is 0 Å². The SMILES string of the molecule is Clc1ccccc1-c1noc2ccc3ccccc3c12. The number of hydrogen-bond acceptors (Lipinski definition) is 2. The first kappa shape index (κ1) is 11.5. The maximum atomic E-state index is 6.29. The van der Waals surface area contributed by atoms with Crippen molar-refractivity contribution in [3.8, 4) is 11.3 Å². The van der Waals surface area contributed by atoms with Crippen molar-refractivity contribution in [2.75, 3.05) is 0 Å². The van der Waals surface area contributed by atoms with Gasteiger partial charge in [-0.15, -0.1) is 0 Å². The van der Waals surface area contributed by atoms with Crippen LogP contribution >= 0.6 is 11.6 Å². The zero-order valence-corrected chi connectivity index (χ0v) is 11.3. The van der Waals surface area contributed by atoms with Crippen molar-refractivity contribution in [2.24, 2.45) is 0 Å². The summed E-state index contributed by atoms with van der Waals surface area (Å²) in [5, 5.41) is 8.19. The molecule has 0 atom stereocenters. The highest BCUT2D eigenvalue weighted by Gasteiger charge is 2.15. The average molecular weight is 280 g/mol. The van der Waals surface area contributed by atoms with Gasteiger partial charge in [0.1, 0.15) is 5.69 Å². The topological polar surface area (TPSA) is 26.0 Å². The van der Waals surface area contributed by atoms with Crippen LogP contribution in [-0.4, -0.2) is 5.16 Å². The Morgan fingerprint density at radius 1 is 0.850 bits per heavy atom. The number of rotatable bonds is 1. The Hall–Kier alpha value is -2.32. The molecule has 0 saturated carbocycles. The monoisotopic (exact) mass is 279 g/mol. The van der Waals surface area contributed by atoms with Crippen molar-refractivity contribution in [1.82, 2.24) is 5.16 Å². The molecule has 0 aliphatic carbocycles. The van der Waals surface area contributed by atoms with Crippen LogP contribution in [0.25, 0.3) is 33.0 Å². The van der Waals surface area contributed by atoms with E-state index in [1.165, 1.54) is 0 Å². The van der Waals surface area contributed by atoms with Gasteiger partial charge in [0, 0.05) is 5.56 Å². The molecular formula is C17H10ClNO. The van der Waals surface area contributed by atoms with Gasteiger partial charge in [0.2, 0.25) is 0 Å². The smallest absolute Gasteiger partial charge is 0.168 e. The van der Waals surface area contributed by atoms with Gasteiger partial charge in [-0.25, -0.2) is 0 Å². The number of halogens is 1. The standard InChI is InChI=1S/C17H10ClNO/c18-14-8-4-3-7-13(14)17-16-12-6-2-1-5-11(12)9-10-15(16)20-19-17/h1-10H. The molecule has 0 N–H and O–H groups in total.